The minimum Gasteiger partial charge on any atom is -0.439 e. The number of ether oxygens (including phenoxy) is 1. The Labute approximate surface area is 121 Å². The Morgan fingerprint density at radius 1 is 1.15 bits per heavy atom. The number of rotatable bonds is 6. The Morgan fingerprint density at radius 3 is 2.60 bits per heavy atom. The summed E-state index contributed by atoms with van der Waals surface area (Å²) < 4.78 is 5.76. The van der Waals surface area contributed by atoms with Crippen molar-refractivity contribution in [1.82, 2.24) is 10.3 Å². The van der Waals surface area contributed by atoms with Gasteiger partial charge in [-0.2, -0.15) is 0 Å². The maximum absolute atomic E-state index is 5.76. The summed E-state index contributed by atoms with van der Waals surface area (Å²) in [5, 5.41) is 3.42. The molecule has 1 aromatic carbocycles. The third-order valence-electron chi connectivity index (χ3n) is 2.92. The minimum absolute atomic E-state index is 0.637. The second-order valence-electron chi connectivity index (χ2n) is 5.44. The quantitative estimate of drug-likeness (QED) is 0.863. The predicted molar refractivity (Wildman–Crippen MR) is 82.0 cm³/mol. The number of hydrogen-bond donors (Lipinski definition) is 1. The molecule has 0 fully saturated rings. The molecular weight excluding hydrogens is 248 g/mol. The number of hydrogen-bond acceptors (Lipinski definition) is 3. The second kappa shape index (κ2) is 7.06. The van der Waals surface area contributed by atoms with Crippen LogP contribution in [-0.2, 0) is 6.54 Å². The molecular formula is C17H22N2O. The van der Waals surface area contributed by atoms with E-state index in [2.05, 4.69) is 31.1 Å². The summed E-state index contributed by atoms with van der Waals surface area (Å²) in [4.78, 5) is 4.25. The second-order valence-corrected chi connectivity index (χ2v) is 5.44. The summed E-state index contributed by atoms with van der Waals surface area (Å²) in [5.41, 5.74) is 2.40. The molecule has 0 aliphatic heterocycles. The molecule has 2 rings (SSSR count). The van der Waals surface area contributed by atoms with E-state index >= 15 is 0 Å². The van der Waals surface area contributed by atoms with Crippen LogP contribution >= 0.6 is 0 Å². The van der Waals surface area contributed by atoms with Crippen molar-refractivity contribution in [1.29, 1.82) is 0 Å². The van der Waals surface area contributed by atoms with Gasteiger partial charge in [0.15, 0.2) is 0 Å². The van der Waals surface area contributed by atoms with Crippen molar-refractivity contribution in [2.75, 3.05) is 6.54 Å². The summed E-state index contributed by atoms with van der Waals surface area (Å²) in [6.45, 7) is 8.31. The molecule has 0 unspecified atom stereocenters. The Bertz CT molecular complexity index is 535. The Balaban J connectivity index is 1.96. The van der Waals surface area contributed by atoms with E-state index in [9.17, 15) is 0 Å². The topological polar surface area (TPSA) is 34.1 Å². The maximum Gasteiger partial charge on any atom is 0.219 e. The zero-order valence-electron chi connectivity index (χ0n) is 12.4. The molecule has 20 heavy (non-hydrogen) atoms. The highest BCUT2D eigenvalue weighted by atomic mass is 16.5. The van der Waals surface area contributed by atoms with E-state index in [1.807, 2.05) is 36.4 Å². The largest absolute Gasteiger partial charge is 0.439 e. The molecule has 2 aromatic rings. The van der Waals surface area contributed by atoms with Crippen molar-refractivity contribution in [2.45, 2.75) is 27.3 Å². The first-order valence-electron chi connectivity index (χ1n) is 7.03. The Kier molecular flexibility index (Phi) is 5.13. The minimum atomic E-state index is 0.637. The summed E-state index contributed by atoms with van der Waals surface area (Å²) >= 11 is 0. The van der Waals surface area contributed by atoms with E-state index in [1.54, 1.807) is 6.20 Å². The third-order valence-corrected chi connectivity index (χ3v) is 2.92. The molecule has 0 aliphatic carbocycles. The molecule has 3 nitrogen and oxygen atoms in total. The smallest absolute Gasteiger partial charge is 0.219 e. The van der Waals surface area contributed by atoms with Crippen molar-refractivity contribution in [3.8, 4) is 11.6 Å². The molecule has 1 aromatic heterocycles. The average Bonchev–Trinajstić information content (AvgIpc) is 2.41. The average molecular weight is 270 g/mol. The van der Waals surface area contributed by atoms with Gasteiger partial charge in [-0.25, -0.2) is 4.98 Å². The molecule has 0 amide bonds. The van der Waals surface area contributed by atoms with Crippen molar-refractivity contribution < 1.29 is 4.74 Å². The summed E-state index contributed by atoms with van der Waals surface area (Å²) in [6, 6.07) is 12.0. The van der Waals surface area contributed by atoms with E-state index in [0.29, 0.717) is 11.8 Å². The number of aryl methyl sites for hydroxylation is 1. The third kappa shape index (κ3) is 4.67. The lowest BCUT2D eigenvalue weighted by Crippen LogP contribution is -2.18. The molecule has 0 saturated carbocycles. The van der Waals surface area contributed by atoms with Crippen molar-refractivity contribution in [2.24, 2.45) is 5.92 Å². The van der Waals surface area contributed by atoms with Gasteiger partial charge in [-0.15, -0.1) is 0 Å². The monoisotopic (exact) mass is 270 g/mol. The highest BCUT2D eigenvalue weighted by molar-refractivity contribution is 5.31. The fourth-order valence-electron chi connectivity index (χ4n) is 1.85. The molecule has 106 valence electrons. The molecule has 0 spiro atoms. The van der Waals surface area contributed by atoms with Gasteiger partial charge in [0.25, 0.3) is 0 Å². The van der Waals surface area contributed by atoms with Crippen LogP contribution in [0.4, 0.5) is 0 Å². The number of aromatic nitrogens is 1. The molecule has 0 atom stereocenters. The van der Waals surface area contributed by atoms with Gasteiger partial charge < -0.3 is 10.1 Å². The van der Waals surface area contributed by atoms with Gasteiger partial charge in [0, 0.05) is 18.8 Å². The first-order valence-corrected chi connectivity index (χ1v) is 7.03. The van der Waals surface area contributed by atoms with Gasteiger partial charge >= 0.3 is 0 Å². The zero-order valence-corrected chi connectivity index (χ0v) is 12.4. The van der Waals surface area contributed by atoms with Crippen LogP contribution < -0.4 is 10.1 Å². The van der Waals surface area contributed by atoms with E-state index in [4.69, 9.17) is 4.74 Å². The number of nitrogens with zero attached hydrogens (tertiary/aromatic N) is 1. The van der Waals surface area contributed by atoms with E-state index < -0.39 is 0 Å². The van der Waals surface area contributed by atoms with Crippen LogP contribution in [0.5, 0.6) is 11.6 Å². The lowest BCUT2D eigenvalue weighted by atomic mass is 10.2. The number of nitrogens with one attached hydrogen (secondary N) is 1. The fourth-order valence-corrected chi connectivity index (χ4v) is 1.85. The lowest BCUT2D eigenvalue weighted by Gasteiger charge is -2.09. The molecule has 0 bridgehead atoms. The van der Waals surface area contributed by atoms with Crippen LogP contribution in [0, 0.1) is 12.8 Å². The Morgan fingerprint density at radius 2 is 1.90 bits per heavy atom. The van der Waals surface area contributed by atoms with E-state index in [0.717, 1.165) is 18.8 Å². The standard InChI is InChI=1S/C17H22N2O/c1-13(2)11-18-12-15-8-9-19-17(10-15)20-16-6-4-14(3)5-7-16/h4-10,13,18H,11-12H2,1-3H3. The van der Waals surface area contributed by atoms with E-state index in [1.165, 1.54) is 11.1 Å². The van der Waals surface area contributed by atoms with Crippen molar-refractivity contribution in [3.05, 3.63) is 53.7 Å². The van der Waals surface area contributed by atoms with E-state index in [-0.39, 0.29) is 0 Å². The van der Waals surface area contributed by atoms with Crippen LogP contribution in [0.1, 0.15) is 25.0 Å². The number of pyridine rings is 1. The van der Waals surface area contributed by atoms with Gasteiger partial charge in [0.1, 0.15) is 5.75 Å². The lowest BCUT2D eigenvalue weighted by molar-refractivity contribution is 0.461. The van der Waals surface area contributed by atoms with Gasteiger partial charge in [0.2, 0.25) is 5.88 Å². The number of benzene rings is 1. The highest BCUT2D eigenvalue weighted by Gasteiger charge is 2.01. The molecule has 3 heteroatoms. The molecule has 0 radical (unpaired) electrons. The molecule has 1 N–H and O–H groups in total. The van der Waals surface area contributed by atoms with Crippen LogP contribution in [0.3, 0.4) is 0 Å². The van der Waals surface area contributed by atoms with Crippen LogP contribution in [0.25, 0.3) is 0 Å². The van der Waals surface area contributed by atoms with Crippen molar-refractivity contribution in [3.63, 3.8) is 0 Å². The molecule has 0 aliphatic rings. The van der Waals surface area contributed by atoms with Crippen molar-refractivity contribution >= 4 is 0 Å². The fraction of sp³-hybridized carbons (Fsp3) is 0.353. The normalized spacial score (nSPS) is 10.8. The van der Waals surface area contributed by atoms with Gasteiger partial charge in [-0.1, -0.05) is 31.5 Å². The molecule has 0 saturated heterocycles. The zero-order chi connectivity index (χ0) is 14.4. The van der Waals surface area contributed by atoms with Crippen LogP contribution in [0.2, 0.25) is 0 Å². The van der Waals surface area contributed by atoms with Crippen LogP contribution in [0.15, 0.2) is 42.6 Å². The maximum atomic E-state index is 5.76. The predicted octanol–water partition coefficient (Wildman–Crippen LogP) is 3.93. The highest BCUT2D eigenvalue weighted by Crippen LogP contribution is 2.20. The van der Waals surface area contributed by atoms with Crippen LogP contribution in [-0.4, -0.2) is 11.5 Å². The summed E-state index contributed by atoms with van der Waals surface area (Å²) in [7, 11) is 0. The molecule has 1 heterocycles. The van der Waals surface area contributed by atoms with Gasteiger partial charge in [-0.3, -0.25) is 0 Å². The Hall–Kier alpha value is -1.87. The summed E-state index contributed by atoms with van der Waals surface area (Å²) in [5.74, 6) is 2.10. The summed E-state index contributed by atoms with van der Waals surface area (Å²) in [6.07, 6.45) is 1.79. The SMILES string of the molecule is Cc1ccc(Oc2cc(CNCC(C)C)ccn2)cc1. The first-order chi connectivity index (χ1) is 9.63. The first kappa shape index (κ1) is 14.5. The van der Waals surface area contributed by atoms with Gasteiger partial charge in [-0.05, 0) is 43.1 Å². The van der Waals surface area contributed by atoms with Gasteiger partial charge in [0.05, 0.1) is 0 Å².